The van der Waals surface area contributed by atoms with E-state index in [4.69, 9.17) is 4.74 Å². The zero-order valence-corrected chi connectivity index (χ0v) is 8.86. The molecule has 0 bridgehead atoms. The van der Waals surface area contributed by atoms with E-state index in [1.54, 1.807) is 0 Å². The molecule has 0 amide bonds. The highest BCUT2D eigenvalue weighted by Crippen LogP contribution is 2.38. The van der Waals surface area contributed by atoms with E-state index in [0.29, 0.717) is 0 Å². The lowest BCUT2D eigenvalue weighted by Crippen LogP contribution is -2.68. The number of anilines is 2. The Morgan fingerprint density at radius 3 is 2.87 bits per heavy atom. The second-order valence-electron chi connectivity index (χ2n) is 4.27. The van der Waals surface area contributed by atoms with Gasteiger partial charge in [0.1, 0.15) is 17.2 Å². The molecule has 2 fully saturated rings. The van der Waals surface area contributed by atoms with Gasteiger partial charge < -0.3 is 15.0 Å². The first kappa shape index (κ1) is 8.97. The van der Waals surface area contributed by atoms with Crippen molar-refractivity contribution in [2.45, 2.75) is 12.0 Å². The number of nitrogens with zero attached hydrogens (tertiary/aromatic N) is 2. The summed E-state index contributed by atoms with van der Waals surface area (Å²) in [4.78, 5) is 6.76. The summed E-state index contributed by atoms with van der Waals surface area (Å²) in [5.41, 5.74) is 0.178. The molecule has 0 radical (unpaired) electrons. The first-order valence-electron chi connectivity index (χ1n) is 5.35. The summed E-state index contributed by atoms with van der Waals surface area (Å²) in [7, 11) is 1.89. The number of hydrogen-bond donors (Lipinski definition) is 1. The van der Waals surface area contributed by atoms with Crippen LogP contribution in [0.3, 0.4) is 0 Å². The highest BCUT2D eigenvalue weighted by molar-refractivity contribution is 5.50. The minimum Gasteiger partial charge on any atom is -0.373 e. The van der Waals surface area contributed by atoms with E-state index in [9.17, 15) is 0 Å². The fourth-order valence-electron chi connectivity index (χ4n) is 2.19. The first-order valence-corrected chi connectivity index (χ1v) is 5.35. The average molecular weight is 205 g/mol. The molecular formula is C11H15N3O. The Morgan fingerprint density at radius 2 is 2.27 bits per heavy atom. The van der Waals surface area contributed by atoms with Gasteiger partial charge in [-0.1, -0.05) is 6.07 Å². The average Bonchev–Trinajstić information content (AvgIpc) is 2.14. The maximum atomic E-state index is 5.58. The summed E-state index contributed by atoms with van der Waals surface area (Å²) >= 11 is 0. The standard InChI is InChI=1S/C11H15N3O/c1-12-9-3-2-4-10(13-9)14-7-11(8-14)5-6-15-11/h2-4H,5-8H2,1H3,(H,12,13). The molecular weight excluding hydrogens is 190 g/mol. The van der Waals surface area contributed by atoms with E-state index < -0.39 is 0 Å². The third kappa shape index (κ3) is 1.36. The van der Waals surface area contributed by atoms with Gasteiger partial charge in [0.15, 0.2) is 0 Å². The molecule has 3 heterocycles. The molecule has 1 aromatic heterocycles. The maximum absolute atomic E-state index is 5.58. The predicted molar refractivity (Wildman–Crippen MR) is 59.3 cm³/mol. The summed E-state index contributed by atoms with van der Waals surface area (Å²) in [6.45, 7) is 2.91. The molecule has 80 valence electrons. The number of aromatic nitrogens is 1. The molecule has 1 spiro atoms. The zero-order valence-electron chi connectivity index (χ0n) is 8.86. The predicted octanol–water partition coefficient (Wildman–Crippen LogP) is 1.10. The Balaban J connectivity index is 1.72. The van der Waals surface area contributed by atoms with Gasteiger partial charge >= 0.3 is 0 Å². The number of hydrogen-bond acceptors (Lipinski definition) is 4. The van der Waals surface area contributed by atoms with Crippen molar-refractivity contribution >= 4 is 11.6 Å². The second kappa shape index (κ2) is 3.10. The maximum Gasteiger partial charge on any atom is 0.131 e. The quantitative estimate of drug-likeness (QED) is 0.784. The largest absolute Gasteiger partial charge is 0.373 e. The fraction of sp³-hybridized carbons (Fsp3) is 0.545. The van der Waals surface area contributed by atoms with Crippen LogP contribution in [-0.4, -0.2) is 37.3 Å². The lowest BCUT2D eigenvalue weighted by atomic mass is 9.86. The Bertz CT molecular complexity index is 368. The van der Waals surface area contributed by atoms with Gasteiger partial charge in [-0.3, -0.25) is 0 Å². The molecule has 2 saturated heterocycles. The minimum absolute atomic E-state index is 0.178. The van der Waals surface area contributed by atoms with Crippen LogP contribution in [0.1, 0.15) is 6.42 Å². The molecule has 4 heteroatoms. The van der Waals surface area contributed by atoms with Crippen LogP contribution in [-0.2, 0) is 4.74 Å². The van der Waals surface area contributed by atoms with Gasteiger partial charge in [-0.05, 0) is 12.1 Å². The zero-order chi connectivity index (χ0) is 10.3. The Morgan fingerprint density at radius 1 is 1.47 bits per heavy atom. The van der Waals surface area contributed by atoms with Gasteiger partial charge in [0.25, 0.3) is 0 Å². The number of rotatable bonds is 2. The van der Waals surface area contributed by atoms with Crippen LogP contribution in [0.4, 0.5) is 11.6 Å². The lowest BCUT2D eigenvalue weighted by Gasteiger charge is -2.55. The summed E-state index contributed by atoms with van der Waals surface area (Å²) in [5.74, 6) is 1.96. The topological polar surface area (TPSA) is 37.4 Å². The highest BCUT2D eigenvalue weighted by atomic mass is 16.5. The minimum atomic E-state index is 0.178. The lowest BCUT2D eigenvalue weighted by molar-refractivity contribution is -0.161. The molecule has 3 rings (SSSR count). The van der Waals surface area contributed by atoms with Crippen LogP contribution in [0, 0.1) is 0 Å². The van der Waals surface area contributed by atoms with Crippen LogP contribution < -0.4 is 10.2 Å². The van der Waals surface area contributed by atoms with E-state index in [1.165, 1.54) is 6.42 Å². The molecule has 1 N–H and O–H groups in total. The van der Waals surface area contributed by atoms with Crippen LogP contribution >= 0.6 is 0 Å². The van der Waals surface area contributed by atoms with E-state index in [1.807, 2.05) is 25.2 Å². The van der Waals surface area contributed by atoms with Crippen molar-refractivity contribution in [3.8, 4) is 0 Å². The van der Waals surface area contributed by atoms with E-state index in [0.717, 1.165) is 31.3 Å². The SMILES string of the molecule is CNc1cccc(N2CC3(CCO3)C2)n1. The molecule has 0 aromatic carbocycles. The van der Waals surface area contributed by atoms with Gasteiger partial charge in [0.05, 0.1) is 19.7 Å². The second-order valence-corrected chi connectivity index (χ2v) is 4.27. The van der Waals surface area contributed by atoms with Crippen molar-refractivity contribution in [3.63, 3.8) is 0 Å². The summed E-state index contributed by atoms with van der Waals surface area (Å²) in [6.07, 6.45) is 1.20. The third-order valence-electron chi connectivity index (χ3n) is 3.24. The molecule has 4 nitrogen and oxygen atoms in total. The van der Waals surface area contributed by atoms with Gasteiger partial charge in [0.2, 0.25) is 0 Å². The highest BCUT2D eigenvalue weighted by Gasteiger charge is 2.49. The smallest absolute Gasteiger partial charge is 0.131 e. The van der Waals surface area contributed by atoms with Crippen molar-refractivity contribution in [2.75, 3.05) is 37.0 Å². The van der Waals surface area contributed by atoms with Crippen molar-refractivity contribution in [3.05, 3.63) is 18.2 Å². The van der Waals surface area contributed by atoms with Gasteiger partial charge in [-0.25, -0.2) is 4.98 Å². The fourth-order valence-corrected chi connectivity index (χ4v) is 2.19. The van der Waals surface area contributed by atoms with E-state index >= 15 is 0 Å². The van der Waals surface area contributed by atoms with Crippen LogP contribution in [0.2, 0.25) is 0 Å². The van der Waals surface area contributed by atoms with Gasteiger partial charge in [-0.2, -0.15) is 0 Å². The van der Waals surface area contributed by atoms with Crippen molar-refractivity contribution < 1.29 is 4.74 Å². The molecule has 2 aliphatic rings. The Hall–Kier alpha value is -1.29. The number of nitrogens with one attached hydrogen (secondary N) is 1. The van der Waals surface area contributed by atoms with Crippen LogP contribution in [0.5, 0.6) is 0 Å². The molecule has 0 atom stereocenters. The number of ether oxygens (including phenoxy) is 1. The third-order valence-corrected chi connectivity index (χ3v) is 3.24. The normalized spacial score (nSPS) is 22.1. The summed E-state index contributed by atoms with van der Waals surface area (Å²) in [5, 5.41) is 3.05. The molecule has 0 unspecified atom stereocenters. The molecule has 1 aromatic rings. The van der Waals surface area contributed by atoms with Crippen molar-refractivity contribution in [1.82, 2.24) is 4.98 Å². The van der Waals surface area contributed by atoms with Gasteiger partial charge in [0, 0.05) is 13.5 Å². The van der Waals surface area contributed by atoms with Gasteiger partial charge in [-0.15, -0.1) is 0 Å². The number of pyridine rings is 1. The van der Waals surface area contributed by atoms with Crippen LogP contribution in [0.25, 0.3) is 0 Å². The summed E-state index contributed by atoms with van der Waals surface area (Å²) in [6, 6.07) is 6.05. The van der Waals surface area contributed by atoms with E-state index in [-0.39, 0.29) is 5.60 Å². The first-order chi connectivity index (χ1) is 7.31. The van der Waals surface area contributed by atoms with Crippen LogP contribution in [0.15, 0.2) is 18.2 Å². The summed E-state index contributed by atoms with van der Waals surface area (Å²) < 4.78 is 5.58. The molecule has 0 aliphatic carbocycles. The molecule has 2 aliphatic heterocycles. The monoisotopic (exact) mass is 205 g/mol. The molecule has 0 saturated carbocycles. The Kier molecular flexibility index (Phi) is 1.85. The van der Waals surface area contributed by atoms with Crippen molar-refractivity contribution in [2.24, 2.45) is 0 Å². The van der Waals surface area contributed by atoms with Crippen molar-refractivity contribution in [1.29, 1.82) is 0 Å². The van der Waals surface area contributed by atoms with E-state index in [2.05, 4.69) is 15.2 Å². The molecule has 15 heavy (non-hydrogen) atoms. The Labute approximate surface area is 89.3 Å².